The minimum atomic E-state index is 0.272. The third-order valence-corrected chi connectivity index (χ3v) is 3.82. The lowest BCUT2D eigenvalue weighted by Gasteiger charge is -2.38. The molecule has 0 saturated heterocycles. The average molecular weight is 222 g/mol. The maximum absolute atomic E-state index is 6.00. The summed E-state index contributed by atoms with van der Waals surface area (Å²) in [6.45, 7) is 3.11. The van der Waals surface area contributed by atoms with E-state index in [1.165, 1.54) is 25.7 Å². The summed E-state index contributed by atoms with van der Waals surface area (Å²) in [4.78, 5) is 0. The van der Waals surface area contributed by atoms with Crippen molar-refractivity contribution in [1.29, 1.82) is 0 Å². The van der Waals surface area contributed by atoms with Gasteiger partial charge >= 0.3 is 0 Å². The number of nitrogens with zero attached hydrogens (tertiary/aromatic N) is 3. The molecule has 0 bridgehead atoms. The summed E-state index contributed by atoms with van der Waals surface area (Å²) in [5, 5.41) is 8.18. The minimum Gasteiger partial charge on any atom is -0.330 e. The first-order valence-electron chi connectivity index (χ1n) is 6.19. The van der Waals surface area contributed by atoms with E-state index < -0.39 is 0 Å². The number of aryl methyl sites for hydroxylation is 1. The Bertz CT molecular complexity index is 347. The standard InChI is InChI=1S/C12H22N4/c1-10-4-3-5-12(6-10,9-13)7-11-8-16(2)15-14-11/h8,10H,3-7,9,13H2,1-2H3. The Kier molecular flexibility index (Phi) is 3.28. The van der Waals surface area contributed by atoms with E-state index in [1.807, 2.05) is 13.2 Å². The lowest BCUT2D eigenvalue weighted by Crippen LogP contribution is -2.37. The summed E-state index contributed by atoms with van der Waals surface area (Å²) in [7, 11) is 1.91. The van der Waals surface area contributed by atoms with E-state index in [1.54, 1.807) is 4.68 Å². The largest absolute Gasteiger partial charge is 0.330 e. The van der Waals surface area contributed by atoms with Crippen molar-refractivity contribution in [3.63, 3.8) is 0 Å². The first kappa shape index (κ1) is 11.6. The molecule has 0 aliphatic heterocycles. The van der Waals surface area contributed by atoms with Gasteiger partial charge in [0.25, 0.3) is 0 Å². The number of aromatic nitrogens is 3. The molecule has 2 rings (SSSR count). The van der Waals surface area contributed by atoms with Crippen molar-refractivity contribution in [2.45, 2.75) is 39.0 Å². The zero-order valence-electron chi connectivity index (χ0n) is 10.3. The van der Waals surface area contributed by atoms with Crippen LogP contribution in [0.15, 0.2) is 6.20 Å². The van der Waals surface area contributed by atoms with Crippen molar-refractivity contribution in [3.8, 4) is 0 Å². The van der Waals surface area contributed by atoms with Gasteiger partial charge in [-0.05, 0) is 37.1 Å². The van der Waals surface area contributed by atoms with Crippen molar-refractivity contribution in [1.82, 2.24) is 15.0 Å². The number of hydrogen-bond acceptors (Lipinski definition) is 3. The molecule has 1 heterocycles. The molecule has 0 amide bonds. The lowest BCUT2D eigenvalue weighted by molar-refractivity contribution is 0.152. The van der Waals surface area contributed by atoms with Gasteiger partial charge in [-0.25, -0.2) is 0 Å². The van der Waals surface area contributed by atoms with Crippen molar-refractivity contribution >= 4 is 0 Å². The van der Waals surface area contributed by atoms with Crippen molar-refractivity contribution in [3.05, 3.63) is 11.9 Å². The van der Waals surface area contributed by atoms with Crippen LogP contribution in [0.5, 0.6) is 0 Å². The summed E-state index contributed by atoms with van der Waals surface area (Å²) < 4.78 is 1.77. The van der Waals surface area contributed by atoms with Gasteiger partial charge in [-0.3, -0.25) is 4.68 Å². The molecule has 1 aromatic rings. The van der Waals surface area contributed by atoms with Crippen LogP contribution in [0, 0.1) is 11.3 Å². The first-order chi connectivity index (χ1) is 7.63. The van der Waals surface area contributed by atoms with Crippen LogP contribution >= 0.6 is 0 Å². The Labute approximate surface area is 97.2 Å². The Balaban J connectivity index is 2.09. The molecule has 1 aliphatic rings. The summed E-state index contributed by atoms with van der Waals surface area (Å²) in [6, 6.07) is 0. The number of hydrogen-bond donors (Lipinski definition) is 1. The minimum absolute atomic E-state index is 0.272. The highest BCUT2D eigenvalue weighted by Gasteiger charge is 2.34. The molecule has 2 unspecified atom stereocenters. The van der Waals surface area contributed by atoms with E-state index in [0.29, 0.717) is 0 Å². The van der Waals surface area contributed by atoms with Crippen LogP contribution in [0.3, 0.4) is 0 Å². The summed E-state index contributed by atoms with van der Waals surface area (Å²) in [5.74, 6) is 0.800. The van der Waals surface area contributed by atoms with Crippen LogP contribution in [-0.2, 0) is 13.5 Å². The van der Waals surface area contributed by atoms with Crippen LogP contribution in [0.4, 0.5) is 0 Å². The molecule has 1 saturated carbocycles. The molecule has 1 aromatic heterocycles. The average Bonchev–Trinajstić information content (AvgIpc) is 2.64. The van der Waals surface area contributed by atoms with E-state index >= 15 is 0 Å². The quantitative estimate of drug-likeness (QED) is 0.843. The summed E-state index contributed by atoms with van der Waals surface area (Å²) >= 11 is 0. The van der Waals surface area contributed by atoms with Crippen LogP contribution < -0.4 is 5.73 Å². The maximum atomic E-state index is 6.00. The highest BCUT2D eigenvalue weighted by molar-refractivity contribution is 5.01. The van der Waals surface area contributed by atoms with Gasteiger partial charge in [-0.15, -0.1) is 5.10 Å². The second-order valence-electron chi connectivity index (χ2n) is 5.47. The second-order valence-corrected chi connectivity index (χ2v) is 5.47. The maximum Gasteiger partial charge on any atom is 0.0833 e. The summed E-state index contributed by atoms with van der Waals surface area (Å²) in [6.07, 6.45) is 8.13. The third-order valence-electron chi connectivity index (χ3n) is 3.82. The van der Waals surface area contributed by atoms with E-state index in [4.69, 9.17) is 5.73 Å². The molecule has 1 aliphatic carbocycles. The highest BCUT2D eigenvalue weighted by atomic mass is 15.4. The predicted octanol–water partition coefficient (Wildman–Crippen LogP) is 1.51. The fraction of sp³-hybridized carbons (Fsp3) is 0.833. The zero-order chi connectivity index (χ0) is 11.6. The molecule has 16 heavy (non-hydrogen) atoms. The summed E-state index contributed by atoms with van der Waals surface area (Å²) in [5.41, 5.74) is 7.36. The van der Waals surface area contributed by atoms with Gasteiger partial charge in [0.2, 0.25) is 0 Å². The van der Waals surface area contributed by atoms with Crippen LogP contribution in [0.25, 0.3) is 0 Å². The fourth-order valence-corrected chi connectivity index (χ4v) is 3.05. The topological polar surface area (TPSA) is 56.7 Å². The monoisotopic (exact) mass is 222 g/mol. The van der Waals surface area contributed by atoms with Gasteiger partial charge in [-0.1, -0.05) is 25.0 Å². The molecule has 0 aromatic carbocycles. The molecule has 90 valence electrons. The molecule has 0 radical (unpaired) electrons. The molecule has 2 atom stereocenters. The van der Waals surface area contributed by atoms with Crippen LogP contribution in [0.1, 0.15) is 38.3 Å². The lowest BCUT2D eigenvalue weighted by atomic mass is 9.68. The first-order valence-corrected chi connectivity index (χ1v) is 6.19. The van der Waals surface area contributed by atoms with E-state index in [0.717, 1.165) is 24.6 Å². The van der Waals surface area contributed by atoms with Crippen molar-refractivity contribution in [2.24, 2.45) is 24.1 Å². The van der Waals surface area contributed by atoms with Gasteiger partial charge in [0, 0.05) is 13.2 Å². The van der Waals surface area contributed by atoms with Crippen LogP contribution in [-0.4, -0.2) is 21.5 Å². The molecular weight excluding hydrogens is 200 g/mol. The molecule has 0 spiro atoms. The van der Waals surface area contributed by atoms with Gasteiger partial charge in [0.05, 0.1) is 5.69 Å². The Hall–Kier alpha value is -0.900. The van der Waals surface area contributed by atoms with Gasteiger partial charge < -0.3 is 5.73 Å². The smallest absolute Gasteiger partial charge is 0.0833 e. The normalized spacial score (nSPS) is 30.6. The van der Waals surface area contributed by atoms with Crippen LogP contribution in [0.2, 0.25) is 0 Å². The number of rotatable bonds is 3. The molecule has 4 heteroatoms. The number of nitrogens with two attached hydrogens (primary N) is 1. The Morgan fingerprint density at radius 3 is 3.00 bits per heavy atom. The Morgan fingerprint density at radius 2 is 2.44 bits per heavy atom. The van der Waals surface area contributed by atoms with E-state index in [9.17, 15) is 0 Å². The van der Waals surface area contributed by atoms with E-state index in [2.05, 4.69) is 17.2 Å². The van der Waals surface area contributed by atoms with Gasteiger partial charge in [0.15, 0.2) is 0 Å². The fourth-order valence-electron chi connectivity index (χ4n) is 3.05. The zero-order valence-corrected chi connectivity index (χ0v) is 10.3. The Morgan fingerprint density at radius 1 is 1.62 bits per heavy atom. The SMILES string of the molecule is CC1CCCC(CN)(Cc2cn(C)nn2)C1. The molecule has 2 N–H and O–H groups in total. The second kappa shape index (κ2) is 4.53. The van der Waals surface area contributed by atoms with Gasteiger partial charge in [0.1, 0.15) is 0 Å². The third kappa shape index (κ3) is 2.43. The molecule has 4 nitrogen and oxygen atoms in total. The van der Waals surface area contributed by atoms with Crippen molar-refractivity contribution in [2.75, 3.05) is 6.54 Å². The molecule has 1 fully saturated rings. The predicted molar refractivity (Wildman–Crippen MR) is 63.8 cm³/mol. The molecular formula is C12H22N4. The van der Waals surface area contributed by atoms with E-state index in [-0.39, 0.29) is 5.41 Å². The van der Waals surface area contributed by atoms with Gasteiger partial charge in [-0.2, -0.15) is 0 Å². The van der Waals surface area contributed by atoms with Crippen molar-refractivity contribution < 1.29 is 0 Å². The highest BCUT2D eigenvalue weighted by Crippen LogP contribution is 2.40.